The van der Waals surface area contributed by atoms with Gasteiger partial charge in [0.05, 0.1) is 7.11 Å². The van der Waals surface area contributed by atoms with Gasteiger partial charge in [-0.05, 0) is 13.0 Å². The molecular weight excluding hydrogens is 262 g/mol. The third kappa shape index (κ3) is 2.51. The summed E-state index contributed by atoms with van der Waals surface area (Å²) < 4.78 is 4.98. The minimum absolute atomic E-state index is 0.181. The van der Waals surface area contributed by atoms with Crippen molar-refractivity contribution in [2.24, 2.45) is 0 Å². The molecule has 0 aliphatic rings. The van der Waals surface area contributed by atoms with Crippen molar-refractivity contribution in [3.05, 3.63) is 41.4 Å². The van der Waals surface area contributed by atoms with Crippen molar-refractivity contribution >= 4 is 22.9 Å². The molecule has 0 unspecified atom stereocenters. The summed E-state index contributed by atoms with van der Waals surface area (Å²) in [6, 6.07) is 5.81. The number of amides is 1. The van der Waals surface area contributed by atoms with Crippen molar-refractivity contribution in [3.8, 4) is 0 Å². The van der Waals surface area contributed by atoms with Gasteiger partial charge in [-0.1, -0.05) is 12.1 Å². The Kier molecular flexibility index (Phi) is 3.79. The van der Waals surface area contributed by atoms with E-state index in [-0.39, 0.29) is 11.2 Å². The fraction of sp³-hybridized carbons (Fsp3) is 0.231. The van der Waals surface area contributed by atoms with E-state index in [1.807, 2.05) is 0 Å². The van der Waals surface area contributed by atoms with Crippen LogP contribution in [0.25, 0.3) is 11.0 Å². The molecular formula is C13H13N3O4. The van der Waals surface area contributed by atoms with E-state index >= 15 is 0 Å². The first kappa shape index (κ1) is 13.7. The first-order valence-corrected chi connectivity index (χ1v) is 5.90. The standard InChI is InChI=1S/C13H13N3O4/c1-8(13(18)20-2)15-12(17)11-7-14-9-5-3-4-6-10(9)16(11)19/h3-8H,1-2H3,(H,15,17)/t8-/m0/s1. The summed E-state index contributed by atoms with van der Waals surface area (Å²) in [6.45, 7) is 1.47. The Morgan fingerprint density at radius 1 is 1.40 bits per heavy atom. The Balaban J connectivity index is 2.31. The van der Waals surface area contributed by atoms with Crippen molar-refractivity contribution in [2.45, 2.75) is 13.0 Å². The van der Waals surface area contributed by atoms with E-state index in [2.05, 4.69) is 15.0 Å². The molecule has 7 heteroatoms. The monoisotopic (exact) mass is 275 g/mol. The minimum Gasteiger partial charge on any atom is -0.618 e. The van der Waals surface area contributed by atoms with Crippen LogP contribution in [0.2, 0.25) is 0 Å². The predicted molar refractivity (Wildman–Crippen MR) is 69.6 cm³/mol. The molecule has 1 N–H and O–H groups in total. The fourth-order valence-electron chi connectivity index (χ4n) is 1.72. The van der Waals surface area contributed by atoms with Crippen LogP contribution in [0.15, 0.2) is 30.5 Å². The van der Waals surface area contributed by atoms with Crippen LogP contribution in [0, 0.1) is 5.21 Å². The molecule has 2 aromatic rings. The molecule has 1 atom stereocenters. The number of fused-ring (bicyclic) bond motifs is 1. The summed E-state index contributed by atoms with van der Waals surface area (Å²) in [5.74, 6) is -1.28. The summed E-state index contributed by atoms with van der Waals surface area (Å²) in [4.78, 5) is 27.2. The largest absolute Gasteiger partial charge is 0.618 e. The van der Waals surface area contributed by atoms with Gasteiger partial charge in [0.15, 0.2) is 0 Å². The Morgan fingerprint density at radius 3 is 2.80 bits per heavy atom. The Bertz CT molecular complexity index is 672. The molecule has 2 rings (SSSR count). The predicted octanol–water partition coefficient (Wildman–Crippen LogP) is 0.159. The average Bonchev–Trinajstić information content (AvgIpc) is 2.46. The number of esters is 1. The highest BCUT2D eigenvalue weighted by molar-refractivity contribution is 5.94. The molecule has 1 aromatic carbocycles. The topological polar surface area (TPSA) is 95.2 Å². The molecule has 0 radical (unpaired) electrons. The van der Waals surface area contributed by atoms with Crippen LogP contribution in [-0.4, -0.2) is 30.0 Å². The second-order valence-electron chi connectivity index (χ2n) is 4.14. The van der Waals surface area contributed by atoms with Gasteiger partial charge in [-0.25, -0.2) is 9.78 Å². The normalized spacial score (nSPS) is 11.9. The van der Waals surface area contributed by atoms with Gasteiger partial charge in [-0.15, -0.1) is 0 Å². The smallest absolute Gasteiger partial charge is 0.328 e. The highest BCUT2D eigenvalue weighted by atomic mass is 16.5. The lowest BCUT2D eigenvalue weighted by atomic mass is 10.2. The third-order valence-corrected chi connectivity index (χ3v) is 2.78. The second kappa shape index (κ2) is 5.52. The molecule has 1 amide bonds. The summed E-state index contributed by atoms with van der Waals surface area (Å²) in [5, 5.41) is 14.5. The number of hydrogen-bond acceptors (Lipinski definition) is 5. The van der Waals surface area contributed by atoms with E-state index in [9.17, 15) is 14.8 Å². The number of benzene rings is 1. The SMILES string of the molecule is COC(=O)[C@H](C)NC(=O)c1cnc2ccccc2[n+]1[O-]. The number of methoxy groups -OCH3 is 1. The second-order valence-corrected chi connectivity index (χ2v) is 4.14. The zero-order valence-corrected chi connectivity index (χ0v) is 11.0. The summed E-state index contributed by atoms with van der Waals surface area (Å²) in [6.07, 6.45) is 1.18. The molecule has 20 heavy (non-hydrogen) atoms. The number of aromatic nitrogens is 2. The quantitative estimate of drug-likeness (QED) is 0.489. The molecule has 0 saturated carbocycles. The van der Waals surface area contributed by atoms with E-state index in [4.69, 9.17) is 0 Å². The first-order valence-electron chi connectivity index (χ1n) is 5.90. The molecule has 1 heterocycles. The summed E-state index contributed by atoms with van der Waals surface area (Å²) >= 11 is 0. The molecule has 7 nitrogen and oxygen atoms in total. The lowest BCUT2D eigenvalue weighted by molar-refractivity contribution is -0.580. The molecule has 0 fully saturated rings. The maximum absolute atomic E-state index is 12.1. The number of carbonyl (C=O) groups excluding carboxylic acids is 2. The fourth-order valence-corrected chi connectivity index (χ4v) is 1.72. The number of para-hydroxylation sites is 2. The minimum atomic E-state index is -0.848. The number of carbonyl (C=O) groups is 2. The van der Waals surface area contributed by atoms with Gasteiger partial charge in [-0.2, -0.15) is 4.73 Å². The van der Waals surface area contributed by atoms with Crippen molar-refractivity contribution in [1.82, 2.24) is 10.3 Å². The first-order chi connectivity index (χ1) is 9.54. The maximum atomic E-state index is 12.1. The van der Waals surface area contributed by atoms with Crippen LogP contribution in [0.4, 0.5) is 0 Å². The number of hydrogen-bond donors (Lipinski definition) is 1. The third-order valence-electron chi connectivity index (χ3n) is 2.78. The zero-order chi connectivity index (χ0) is 14.7. The van der Waals surface area contributed by atoms with E-state index in [1.54, 1.807) is 24.3 Å². The molecule has 0 bridgehead atoms. The Morgan fingerprint density at radius 2 is 2.10 bits per heavy atom. The van der Waals surface area contributed by atoms with Crippen molar-refractivity contribution < 1.29 is 19.1 Å². The van der Waals surface area contributed by atoms with Crippen molar-refractivity contribution in [1.29, 1.82) is 0 Å². The molecule has 0 spiro atoms. The molecule has 104 valence electrons. The van der Waals surface area contributed by atoms with Gasteiger partial charge < -0.3 is 15.3 Å². The number of nitrogens with one attached hydrogen (secondary N) is 1. The van der Waals surface area contributed by atoms with Crippen LogP contribution in [0.1, 0.15) is 17.4 Å². The van der Waals surface area contributed by atoms with Crippen LogP contribution in [0.3, 0.4) is 0 Å². The Hall–Kier alpha value is -2.70. The van der Waals surface area contributed by atoms with Crippen LogP contribution < -0.4 is 10.0 Å². The molecule has 1 aromatic heterocycles. The van der Waals surface area contributed by atoms with Gasteiger partial charge in [0.1, 0.15) is 17.8 Å². The van der Waals surface area contributed by atoms with Gasteiger partial charge >= 0.3 is 17.6 Å². The van der Waals surface area contributed by atoms with Gasteiger partial charge in [0.2, 0.25) is 5.52 Å². The van der Waals surface area contributed by atoms with Gasteiger partial charge in [0.25, 0.3) is 0 Å². The highest BCUT2D eigenvalue weighted by Gasteiger charge is 2.23. The van der Waals surface area contributed by atoms with E-state index in [0.717, 1.165) is 0 Å². The summed E-state index contributed by atoms with van der Waals surface area (Å²) in [5.41, 5.74) is 0.588. The average molecular weight is 275 g/mol. The number of ether oxygens (including phenoxy) is 1. The van der Waals surface area contributed by atoms with Crippen molar-refractivity contribution in [2.75, 3.05) is 7.11 Å². The van der Waals surface area contributed by atoms with E-state index in [1.165, 1.54) is 20.2 Å². The van der Waals surface area contributed by atoms with Crippen LogP contribution in [0.5, 0.6) is 0 Å². The van der Waals surface area contributed by atoms with Crippen LogP contribution >= 0.6 is 0 Å². The lowest BCUT2D eigenvalue weighted by Crippen LogP contribution is -2.45. The molecule has 0 aliphatic heterocycles. The lowest BCUT2D eigenvalue weighted by Gasteiger charge is -2.11. The maximum Gasteiger partial charge on any atom is 0.328 e. The van der Waals surface area contributed by atoms with E-state index in [0.29, 0.717) is 10.2 Å². The Labute approximate surface area is 114 Å². The van der Waals surface area contributed by atoms with Gasteiger partial charge in [0, 0.05) is 6.07 Å². The van der Waals surface area contributed by atoms with Crippen molar-refractivity contribution in [3.63, 3.8) is 0 Å². The molecule has 0 aliphatic carbocycles. The van der Waals surface area contributed by atoms with Gasteiger partial charge in [-0.3, -0.25) is 4.79 Å². The number of nitrogens with zero attached hydrogens (tertiary/aromatic N) is 2. The molecule has 0 saturated heterocycles. The highest BCUT2D eigenvalue weighted by Crippen LogP contribution is 2.06. The number of rotatable bonds is 3. The van der Waals surface area contributed by atoms with E-state index < -0.39 is 17.9 Å². The summed E-state index contributed by atoms with van der Waals surface area (Å²) in [7, 11) is 1.22. The van der Waals surface area contributed by atoms with Crippen LogP contribution in [-0.2, 0) is 9.53 Å². The zero-order valence-electron chi connectivity index (χ0n) is 11.0.